The van der Waals surface area contributed by atoms with E-state index in [9.17, 15) is 0 Å². The average molecular weight is 142 g/mol. The van der Waals surface area contributed by atoms with Gasteiger partial charge in [0, 0.05) is 20.2 Å². The van der Waals surface area contributed by atoms with E-state index in [2.05, 4.69) is 0 Å². The van der Waals surface area contributed by atoms with Crippen molar-refractivity contribution in [3.8, 4) is 0 Å². The van der Waals surface area contributed by atoms with E-state index in [1.807, 2.05) is 25.1 Å². The maximum Gasteiger partial charge on any atom is 0.213 e. The molecule has 3 heteroatoms. The first kappa shape index (κ1) is 6.42. The van der Waals surface area contributed by atoms with Crippen LogP contribution in [0, 0.1) is 0 Å². The van der Waals surface area contributed by atoms with Crippen molar-refractivity contribution in [2.24, 2.45) is 0 Å². The molecule has 0 bridgehead atoms. The summed E-state index contributed by atoms with van der Waals surface area (Å²) in [5, 5.41) is 0.556. The molecule has 1 rings (SSSR count). The average Bonchev–Trinajstić information content (AvgIpc) is 2.13. The second-order valence-electron chi connectivity index (χ2n) is 1.99. The van der Waals surface area contributed by atoms with Crippen LogP contribution in [0.4, 0.5) is 5.69 Å². The molecule has 0 amide bonds. The maximum absolute atomic E-state index is 4.90. The summed E-state index contributed by atoms with van der Waals surface area (Å²) in [5.41, 5.74) is 0.963. The van der Waals surface area contributed by atoms with Crippen LogP contribution in [0.5, 0.6) is 0 Å². The van der Waals surface area contributed by atoms with Gasteiger partial charge in [-0.2, -0.15) is 0 Å². The Morgan fingerprint density at radius 3 is 2.44 bits per heavy atom. The van der Waals surface area contributed by atoms with Crippen molar-refractivity contribution in [1.82, 2.24) is 0 Å². The molecular formula is C6H8NOS. The number of rotatable bonds is 1. The molecule has 0 aliphatic heterocycles. The second-order valence-corrected chi connectivity index (χ2v) is 2.36. The van der Waals surface area contributed by atoms with Crippen LogP contribution in [0.2, 0.25) is 0 Å². The predicted octanol–water partition coefficient (Wildman–Crippen LogP) is 1.90. The molecule has 0 aliphatic carbocycles. The van der Waals surface area contributed by atoms with Crippen LogP contribution in [0.15, 0.2) is 21.8 Å². The Hall–Kier alpha value is -0.700. The summed E-state index contributed by atoms with van der Waals surface area (Å²) in [6, 6.07) is 1.85. The molecule has 0 aliphatic rings. The quantitative estimate of drug-likeness (QED) is 0.595. The van der Waals surface area contributed by atoms with E-state index in [1.54, 1.807) is 6.26 Å². The van der Waals surface area contributed by atoms with Crippen molar-refractivity contribution in [3.63, 3.8) is 0 Å². The van der Waals surface area contributed by atoms with E-state index < -0.39 is 0 Å². The lowest BCUT2D eigenvalue weighted by molar-refractivity contribution is 0.477. The van der Waals surface area contributed by atoms with Crippen molar-refractivity contribution in [2.75, 3.05) is 19.0 Å². The Bertz CT molecular complexity index is 195. The molecule has 1 aromatic rings. The fraction of sp³-hybridized carbons (Fsp3) is 0.333. The van der Waals surface area contributed by atoms with Crippen LogP contribution in [-0.2, 0) is 0 Å². The smallest absolute Gasteiger partial charge is 0.213 e. The van der Waals surface area contributed by atoms with E-state index in [1.165, 1.54) is 0 Å². The normalized spacial score (nSPS) is 9.56. The Morgan fingerprint density at radius 2 is 2.22 bits per heavy atom. The highest BCUT2D eigenvalue weighted by atomic mass is 32.1. The minimum absolute atomic E-state index is 0.556. The molecule has 0 unspecified atom stereocenters. The number of hydrogen-bond acceptors (Lipinski definition) is 2. The minimum Gasteiger partial charge on any atom is -0.451 e. The minimum atomic E-state index is 0.556. The molecule has 0 saturated carbocycles. The van der Waals surface area contributed by atoms with Gasteiger partial charge in [-0.15, -0.1) is 0 Å². The maximum atomic E-state index is 4.90. The Kier molecular flexibility index (Phi) is 1.62. The molecule has 49 valence electrons. The fourth-order valence-electron chi connectivity index (χ4n) is 0.620. The Labute approximate surface area is 59.9 Å². The molecule has 0 fully saturated rings. The molecule has 0 N–H and O–H groups in total. The SMILES string of the molecule is CN(C)c1ccoc1[S]. The van der Waals surface area contributed by atoms with Crippen LogP contribution in [-0.4, -0.2) is 14.1 Å². The highest BCUT2D eigenvalue weighted by molar-refractivity contribution is 7.80. The van der Waals surface area contributed by atoms with Gasteiger partial charge in [0.25, 0.3) is 0 Å². The lowest BCUT2D eigenvalue weighted by Crippen LogP contribution is -2.07. The first-order valence-electron chi connectivity index (χ1n) is 2.63. The molecule has 0 saturated heterocycles. The monoisotopic (exact) mass is 142 g/mol. The van der Waals surface area contributed by atoms with Gasteiger partial charge in [-0.1, -0.05) is 0 Å². The molecule has 0 spiro atoms. The highest BCUT2D eigenvalue weighted by Crippen LogP contribution is 2.22. The number of nitrogens with zero attached hydrogens (tertiary/aromatic N) is 1. The van der Waals surface area contributed by atoms with Crippen molar-refractivity contribution < 1.29 is 4.42 Å². The predicted molar refractivity (Wildman–Crippen MR) is 38.9 cm³/mol. The summed E-state index contributed by atoms with van der Waals surface area (Å²) in [5.74, 6) is 0. The highest BCUT2D eigenvalue weighted by Gasteiger charge is 2.02. The van der Waals surface area contributed by atoms with E-state index in [0.717, 1.165) is 5.69 Å². The van der Waals surface area contributed by atoms with Gasteiger partial charge in [-0.3, -0.25) is 0 Å². The van der Waals surface area contributed by atoms with Crippen molar-refractivity contribution in [3.05, 3.63) is 12.3 Å². The van der Waals surface area contributed by atoms with Crippen molar-refractivity contribution in [1.29, 1.82) is 0 Å². The fourth-order valence-corrected chi connectivity index (χ4v) is 0.926. The van der Waals surface area contributed by atoms with Crippen LogP contribution in [0.3, 0.4) is 0 Å². The lowest BCUT2D eigenvalue weighted by Gasteiger charge is -2.07. The van der Waals surface area contributed by atoms with Crippen molar-refractivity contribution in [2.45, 2.75) is 5.09 Å². The second kappa shape index (κ2) is 2.27. The zero-order chi connectivity index (χ0) is 6.85. The van der Waals surface area contributed by atoms with Crippen molar-refractivity contribution >= 4 is 18.3 Å². The summed E-state index contributed by atoms with van der Waals surface area (Å²) in [4.78, 5) is 1.92. The number of furan rings is 1. The zero-order valence-corrected chi connectivity index (χ0v) is 6.23. The van der Waals surface area contributed by atoms with E-state index in [0.29, 0.717) is 5.09 Å². The van der Waals surface area contributed by atoms with Crippen LogP contribution in [0.25, 0.3) is 0 Å². The summed E-state index contributed by atoms with van der Waals surface area (Å²) in [6.07, 6.45) is 1.59. The summed E-state index contributed by atoms with van der Waals surface area (Å²) >= 11 is 4.85. The summed E-state index contributed by atoms with van der Waals surface area (Å²) < 4.78 is 4.90. The van der Waals surface area contributed by atoms with E-state index >= 15 is 0 Å². The van der Waals surface area contributed by atoms with Gasteiger partial charge in [-0.25, -0.2) is 0 Å². The Balaban J connectivity index is 2.94. The molecule has 9 heavy (non-hydrogen) atoms. The summed E-state index contributed by atoms with van der Waals surface area (Å²) in [6.45, 7) is 0. The number of hydrogen-bond donors (Lipinski definition) is 0. The zero-order valence-electron chi connectivity index (χ0n) is 5.42. The van der Waals surface area contributed by atoms with Crippen LogP contribution in [0.1, 0.15) is 0 Å². The van der Waals surface area contributed by atoms with Crippen LogP contribution < -0.4 is 4.90 Å². The summed E-state index contributed by atoms with van der Waals surface area (Å²) in [7, 11) is 3.86. The first-order chi connectivity index (χ1) is 4.22. The third-order valence-electron chi connectivity index (χ3n) is 1.09. The van der Waals surface area contributed by atoms with Gasteiger partial charge >= 0.3 is 0 Å². The standard InChI is InChI=1S/C6H8NOS/c1-7(2)5-3-4-8-6(5)9/h3-4H,1-2H3. The van der Waals surface area contributed by atoms with Gasteiger partial charge in [-0.05, 0) is 12.6 Å². The molecule has 1 aromatic heterocycles. The van der Waals surface area contributed by atoms with Gasteiger partial charge in [0.15, 0.2) is 0 Å². The van der Waals surface area contributed by atoms with Gasteiger partial charge in [0.2, 0.25) is 5.09 Å². The molecule has 2 nitrogen and oxygen atoms in total. The molecular weight excluding hydrogens is 134 g/mol. The Morgan fingerprint density at radius 1 is 1.56 bits per heavy atom. The molecule has 1 radical (unpaired) electrons. The third-order valence-corrected chi connectivity index (χ3v) is 1.40. The van der Waals surface area contributed by atoms with Gasteiger partial charge in [0.05, 0.1) is 12.0 Å². The lowest BCUT2D eigenvalue weighted by atomic mass is 10.5. The van der Waals surface area contributed by atoms with E-state index in [-0.39, 0.29) is 0 Å². The topological polar surface area (TPSA) is 16.4 Å². The van der Waals surface area contributed by atoms with E-state index in [4.69, 9.17) is 17.0 Å². The molecule has 0 aromatic carbocycles. The third kappa shape index (κ3) is 1.16. The number of anilines is 1. The first-order valence-corrected chi connectivity index (χ1v) is 3.04. The van der Waals surface area contributed by atoms with Gasteiger partial charge in [0.1, 0.15) is 0 Å². The largest absolute Gasteiger partial charge is 0.451 e. The molecule has 1 heterocycles. The van der Waals surface area contributed by atoms with Gasteiger partial charge < -0.3 is 9.32 Å². The molecule has 0 atom stereocenters. The van der Waals surface area contributed by atoms with Crippen LogP contribution >= 0.6 is 12.6 Å².